The number of benzene rings is 1. The molecule has 1 aliphatic rings. The highest BCUT2D eigenvalue weighted by Gasteiger charge is 2.23. The van der Waals surface area contributed by atoms with E-state index in [1.807, 2.05) is 31.2 Å². The molecule has 1 fully saturated rings. The van der Waals surface area contributed by atoms with E-state index in [1.54, 1.807) is 0 Å². The number of aromatic amines is 1. The molecule has 0 spiro atoms. The second-order valence-corrected chi connectivity index (χ2v) is 7.07. The predicted octanol–water partition coefficient (Wildman–Crippen LogP) is 5.35. The maximum Gasteiger partial charge on any atom is 0.195 e. The number of hydrogen-bond donors (Lipinski definition) is 1. The number of H-pyrrole nitrogens is 1. The van der Waals surface area contributed by atoms with E-state index in [0.29, 0.717) is 10.8 Å². The number of halogens is 1. The van der Waals surface area contributed by atoms with Crippen molar-refractivity contribution in [3.63, 3.8) is 0 Å². The van der Waals surface area contributed by atoms with Gasteiger partial charge < -0.3 is 4.74 Å². The molecule has 118 valence electrons. The van der Waals surface area contributed by atoms with Crippen LogP contribution in [0.25, 0.3) is 0 Å². The fourth-order valence-corrected chi connectivity index (χ4v) is 3.62. The molecule has 1 aliphatic carbocycles. The van der Waals surface area contributed by atoms with E-state index < -0.39 is 0 Å². The first-order valence-electron chi connectivity index (χ1n) is 7.74. The average Bonchev–Trinajstić information content (AvgIpc) is 2.92. The lowest BCUT2D eigenvalue weighted by molar-refractivity contribution is 0.202. The third-order valence-electron chi connectivity index (χ3n) is 4.16. The maximum absolute atomic E-state index is 6.03. The molecule has 1 saturated carbocycles. The van der Waals surface area contributed by atoms with Gasteiger partial charge in [0.2, 0.25) is 0 Å². The Balaban J connectivity index is 1.81. The molecule has 0 unspecified atom stereocenters. The topological polar surface area (TPSA) is 42.8 Å². The third kappa shape index (κ3) is 3.43. The fraction of sp³-hybridized carbons (Fsp3) is 0.500. The van der Waals surface area contributed by atoms with Gasteiger partial charge in [-0.15, -0.1) is 0 Å². The highest BCUT2D eigenvalue weighted by Crippen LogP contribution is 2.31. The van der Waals surface area contributed by atoms with Gasteiger partial charge in [0, 0.05) is 10.5 Å². The van der Waals surface area contributed by atoms with Crippen molar-refractivity contribution in [2.75, 3.05) is 0 Å². The van der Waals surface area contributed by atoms with Gasteiger partial charge in [-0.2, -0.15) is 5.10 Å². The quantitative estimate of drug-likeness (QED) is 0.725. The molecule has 1 atom stereocenters. The standard InChI is InChI=1S/C16H20BrN3OS/c1-11(21-14-9-7-12(17)8-10-14)15-18-19-16(22)20(15)13-5-3-2-4-6-13/h7-11,13H,2-6H2,1H3,(H,19,22)/t11-/m1/s1. The van der Waals surface area contributed by atoms with Crippen LogP contribution in [-0.2, 0) is 0 Å². The molecule has 6 heteroatoms. The van der Waals surface area contributed by atoms with Crippen LogP contribution < -0.4 is 4.74 Å². The Morgan fingerprint density at radius 3 is 2.64 bits per heavy atom. The van der Waals surface area contributed by atoms with Crippen LogP contribution in [0.4, 0.5) is 0 Å². The van der Waals surface area contributed by atoms with Gasteiger partial charge in [-0.1, -0.05) is 35.2 Å². The summed E-state index contributed by atoms with van der Waals surface area (Å²) in [7, 11) is 0. The normalized spacial score (nSPS) is 17.4. The lowest BCUT2D eigenvalue weighted by atomic mass is 9.95. The van der Waals surface area contributed by atoms with Gasteiger partial charge in [0.1, 0.15) is 5.75 Å². The monoisotopic (exact) mass is 381 g/mol. The molecule has 1 N–H and O–H groups in total. The molecule has 0 amide bonds. The van der Waals surface area contributed by atoms with E-state index >= 15 is 0 Å². The fourth-order valence-electron chi connectivity index (χ4n) is 3.07. The summed E-state index contributed by atoms with van der Waals surface area (Å²) >= 11 is 8.87. The molecule has 3 rings (SSSR count). The molecule has 0 bridgehead atoms. The van der Waals surface area contributed by atoms with Crippen molar-refractivity contribution >= 4 is 28.1 Å². The largest absolute Gasteiger partial charge is 0.483 e. The summed E-state index contributed by atoms with van der Waals surface area (Å²) < 4.78 is 9.94. The Hall–Kier alpha value is -1.14. The summed E-state index contributed by atoms with van der Waals surface area (Å²) in [4.78, 5) is 0. The number of hydrogen-bond acceptors (Lipinski definition) is 3. The van der Waals surface area contributed by atoms with Crippen LogP contribution >= 0.6 is 28.1 Å². The minimum atomic E-state index is -0.143. The summed E-state index contributed by atoms with van der Waals surface area (Å²) in [6.07, 6.45) is 6.05. The van der Waals surface area contributed by atoms with Crippen molar-refractivity contribution in [3.8, 4) is 5.75 Å². The van der Waals surface area contributed by atoms with Crippen molar-refractivity contribution in [2.24, 2.45) is 0 Å². The summed E-state index contributed by atoms with van der Waals surface area (Å²) in [5.41, 5.74) is 0. The second-order valence-electron chi connectivity index (χ2n) is 5.76. The molecular weight excluding hydrogens is 362 g/mol. The smallest absolute Gasteiger partial charge is 0.195 e. The van der Waals surface area contributed by atoms with Crippen molar-refractivity contribution in [3.05, 3.63) is 39.3 Å². The zero-order valence-electron chi connectivity index (χ0n) is 12.6. The minimum Gasteiger partial charge on any atom is -0.483 e. The van der Waals surface area contributed by atoms with Gasteiger partial charge in [0.15, 0.2) is 16.7 Å². The number of aromatic nitrogens is 3. The highest BCUT2D eigenvalue weighted by atomic mass is 79.9. The minimum absolute atomic E-state index is 0.143. The molecule has 4 nitrogen and oxygen atoms in total. The SMILES string of the molecule is C[C@@H](Oc1ccc(Br)cc1)c1n[nH]c(=S)n1C1CCCCC1. The summed E-state index contributed by atoms with van der Waals surface area (Å²) in [5.74, 6) is 1.72. The lowest BCUT2D eigenvalue weighted by Crippen LogP contribution is -2.19. The van der Waals surface area contributed by atoms with Crippen molar-refractivity contribution in [1.82, 2.24) is 14.8 Å². The Morgan fingerprint density at radius 1 is 1.27 bits per heavy atom. The molecule has 1 aromatic heterocycles. The lowest BCUT2D eigenvalue weighted by Gasteiger charge is -2.25. The number of rotatable bonds is 4. The van der Waals surface area contributed by atoms with Crippen LogP contribution in [0.15, 0.2) is 28.7 Å². The Bertz CT molecular complexity index is 673. The van der Waals surface area contributed by atoms with E-state index in [1.165, 1.54) is 32.1 Å². The molecule has 0 aliphatic heterocycles. The first kappa shape index (κ1) is 15.7. The molecule has 1 heterocycles. The van der Waals surface area contributed by atoms with Crippen LogP contribution in [0.1, 0.15) is 57.0 Å². The molecule has 0 radical (unpaired) electrons. The zero-order chi connectivity index (χ0) is 15.5. The van der Waals surface area contributed by atoms with Gasteiger partial charge in [0.25, 0.3) is 0 Å². The van der Waals surface area contributed by atoms with E-state index in [-0.39, 0.29) is 6.10 Å². The van der Waals surface area contributed by atoms with Crippen molar-refractivity contribution < 1.29 is 4.74 Å². The van der Waals surface area contributed by atoms with Crippen LogP contribution in [0.3, 0.4) is 0 Å². The van der Waals surface area contributed by atoms with Crippen molar-refractivity contribution in [1.29, 1.82) is 0 Å². The Labute approximate surface area is 144 Å². The van der Waals surface area contributed by atoms with Crippen LogP contribution in [0.5, 0.6) is 5.75 Å². The van der Waals surface area contributed by atoms with Gasteiger partial charge in [-0.3, -0.25) is 9.67 Å². The molecular formula is C16H20BrN3OS. The summed E-state index contributed by atoms with van der Waals surface area (Å²) in [5, 5.41) is 7.35. The van der Waals surface area contributed by atoms with Crippen LogP contribution in [0, 0.1) is 4.77 Å². The number of nitrogens with one attached hydrogen (secondary N) is 1. The zero-order valence-corrected chi connectivity index (χ0v) is 15.0. The first-order valence-corrected chi connectivity index (χ1v) is 8.94. The first-order chi connectivity index (χ1) is 10.6. The molecule has 2 aromatic rings. The van der Waals surface area contributed by atoms with E-state index in [2.05, 4.69) is 30.7 Å². The van der Waals surface area contributed by atoms with Gasteiger partial charge >= 0.3 is 0 Å². The highest BCUT2D eigenvalue weighted by molar-refractivity contribution is 9.10. The Morgan fingerprint density at radius 2 is 1.95 bits per heavy atom. The number of nitrogens with zero attached hydrogens (tertiary/aromatic N) is 2. The average molecular weight is 382 g/mol. The predicted molar refractivity (Wildman–Crippen MR) is 92.7 cm³/mol. The second kappa shape index (κ2) is 6.96. The van der Waals surface area contributed by atoms with E-state index in [9.17, 15) is 0 Å². The van der Waals surface area contributed by atoms with Crippen molar-refractivity contribution in [2.45, 2.75) is 51.2 Å². The van der Waals surface area contributed by atoms with Crippen LogP contribution in [0.2, 0.25) is 0 Å². The summed E-state index contributed by atoms with van der Waals surface area (Å²) in [6, 6.07) is 8.30. The summed E-state index contributed by atoms with van der Waals surface area (Å²) in [6.45, 7) is 2.02. The van der Waals surface area contributed by atoms with Crippen LogP contribution in [-0.4, -0.2) is 14.8 Å². The maximum atomic E-state index is 6.03. The van der Waals surface area contributed by atoms with Gasteiger partial charge in [-0.05, 0) is 56.2 Å². The van der Waals surface area contributed by atoms with E-state index in [0.717, 1.165) is 16.0 Å². The molecule has 0 saturated heterocycles. The van der Waals surface area contributed by atoms with Gasteiger partial charge in [0.05, 0.1) is 0 Å². The molecule has 1 aromatic carbocycles. The van der Waals surface area contributed by atoms with Gasteiger partial charge in [-0.25, -0.2) is 0 Å². The van der Waals surface area contributed by atoms with E-state index in [4.69, 9.17) is 17.0 Å². The molecule has 22 heavy (non-hydrogen) atoms. The Kier molecular flexibility index (Phi) is 4.98. The third-order valence-corrected chi connectivity index (χ3v) is 4.98. The number of ether oxygens (including phenoxy) is 1.